The van der Waals surface area contributed by atoms with Crippen LogP contribution < -0.4 is 5.32 Å². The molecular formula is C27H31N3O. The van der Waals surface area contributed by atoms with Gasteiger partial charge in [0, 0.05) is 51.7 Å². The summed E-state index contributed by atoms with van der Waals surface area (Å²) in [4.78, 5) is 17.7. The number of amides is 1. The van der Waals surface area contributed by atoms with Gasteiger partial charge in [0.2, 0.25) is 5.91 Å². The van der Waals surface area contributed by atoms with Crippen molar-refractivity contribution in [3.05, 3.63) is 108 Å². The van der Waals surface area contributed by atoms with E-state index in [1.165, 1.54) is 11.1 Å². The van der Waals surface area contributed by atoms with Gasteiger partial charge in [-0.25, -0.2) is 0 Å². The van der Waals surface area contributed by atoms with Crippen molar-refractivity contribution in [2.45, 2.75) is 32.1 Å². The standard InChI is InChI=1S/C27H31N3O/c31-27(28-19-23-10-4-1-5-11-23)18-26-22-29(20-24-12-6-2-7-13-24)16-17-30(26)21-25-14-8-3-9-15-25/h1-15,26H,16-22H2,(H,28,31). The van der Waals surface area contributed by atoms with Crippen molar-refractivity contribution in [2.24, 2.45) is 0 Å². The molecule has 0 saturated carbocycles. The van der Waals surface area contributed by atoms with Crippen LogP contribution in [-0.4, -0.2) is 41.4 Å². The SMILES string of the molecule is O=C(CC1CN(Cc2ccccc2)CCN1Cc1ccccc1)NCc1ccccc1. The maximum Gasteiger partial charge on any atom is 0.221 e. The molecule has 1 unspecified atom stereocenters. The predicted octanol–water partition coefficient (Wildman–Crippen LogP) is 4.08. The zero-order chi connectivity index (χ0) is 21.3. The Morgan fingerprint density at radius 3 is 1.90 bits per heavy atom. The van der Waals surface area contributed by atoms with Gasteiger partial charge in [0.05, 0.1) is 0 Å². The molecule has 1 aliphatic rings. The van der Waals surface area contributed by atoms with Crippen LogP contribution in [-0.2, 0) is 24.4 Å². The molecule has 0 spiro atoms. The van der Waals surface area contributed by atoms with Gasteiger partial charge in [-0.1, -0.05) is 91.0 Å². The second-order valence-electron chi connectivity index (χ2n) is 8.30. The maximum absolute atomic E-state index is 12.8. The van der Waals surface area contributed by atoms with Crippen molar-refractivity contribution < 1.29 is 4.79 Å². The number of hydrogen-bond donors (Lipinski definition) is 1. The van der Waals surface area contributed by atoms with Gasteiger partial charge in [-0.3, -0.25) is 14.6 Å². The van der Waals surface area contributed by atoms with Crippen molar-refractivity contribution in [3.8, 4) is 0 Å². The number of nitrogens with zero attached hydrogens (tertiary/aromatic N) is 2. The summed E-state index contributed by atoms with van der Waals surface area (Å²) in [6, 6.07) is 31.5. The van der Waals surface area contributed by atoms with Gasteiger partial charge in [-0.15, -0.1) is 0 Å². The number of rotatable bonds is 8. The normalized spacial score (nSPS) is 17.4. The first-order valence-electron chi connectivity index (χ1n) is 11.1. The van der Waals surface area contributed by atoms with Crippen LogP contribution in [0, 0.1) is 0 Å². The molecule has 3 aromatic carbocycles. The number of carbonyl (C=O) groups is 1. The monoisotopic (exact) mass is 413 g/mol. The van der Waals surface area contributed by atoms with Crippen molar-refractivity contribution in [2.75, 3.05) is 19.6 Å². The molecule has 1 atom stereocenters. The lowest BCUT2D eigenvalue weighted by Crippen LogP contribution is -2.53. The molecule has 0 aromatic heterocycles. The third kappa shape index (κ3) is 6.51. The lowest BCUT2D eigenvalue weighted by molar-refractivity contribution is -0.123. The Hall–Kier alpha value is -2.95. The summed E-state index contributed by atoms with van der Waals surface area (Å²) in [5.74, 6) is 0.119. The van der Waals surface area contributed by atoms with E-state index in [0.717, 1.165) is 38.3 Å². The average Bonchev–Trinajstić information content (AvgIpc) is 2.81. The minimum absolute atomic E-state index is 0.119. The van der Waals surface area contributed by atoms with Crippen molar-refractivity contribution in [1.29, 1.82) is 0 Å². The molecule has 1 fully saturated rings. The van der Waals surface area contributed by atoms with Crippen LogP contribution in [0.3, 0.4) is 0 Å². The summed E-state index contributed by atoms with van der Waals surface area (Å²) >= 11 is 0. The first-order chi connectivity index (χ1) is 15.3. The highest BCUT2D eigenvalue weighted by Gasteiger charge is 2.28. The minimum atomic E-state index is 0.119. The number of nitrogens with one attached hydrogen (secondary N) is 1. The van der Waals surface area contributed by atoms with E-state index in [-0.39, 0.29) is 11.9 Å². The second kappa shape index (κ2) is 10.9. The fraction of sp³-hybridized carbons (Fsp3) is 0.296. The van der Waals surface area contributed by atoms with Gasteiger partial charge in [0.1, 0.15) is 0 Å². The van der Waals surface area contributed by atoms with Gasteiger partial charge in [-0.2, -0.15) is 0 Å². The molecule has 4 heteroatoms. The lowest BCUT2D eigenvalue weighted by Gasteiger charge is -2.41. The molecule has 0 aliphatic carbocycles. The predicted molar refractivity (Wildman–Crippen MR) is 125 cm³/mol. The molecule has 1 saturated heterocycles. The molecule has 160 valence electrons. The molecule has 1 aliphatic heterocycles. The first-order valence-corrected chi connectivity index (χ1v) is 11.1. The molecule has 4 rings (SSSR count). The van der Waals surface area contributed by atoms with Crippen LogP contribution in [0.4, 0.5) is 0 Å². The zero-order valence-corrected chi connectivity index (χ0v) is 18.0. The van der Waals surface area contributed by atoms with Gasteiger partial charge in [0.15, 0.2) is 0 Å². The molecular weight excluding hydrogens is 382 g/mol. The first kappa shape index (κ1) is 21.3. The maximum atomic E-state index is 12.8. The smallest absolute Gasteiger partial charge is 0.221 e. The molecule has 1 amide bonds. The Morgan fingerprint density at radius 2 is 1.29 bits per heavy atom. The largest absolute Gasteiger partial charge is 0.352 e. The Morgan fingerprint density at radius 1 is 0.742 bits per heavy atom. The van der Waals surface area contributed by atoms with Gasteiger partial charge in [0.25, 0.3) is 0 Å². The summed E-state index contributed by atoms with van der Waals surface area (Å²) in [5.41, 5.74) is 3.76. The number of piperazine rings is 1. The highest BCUT2D eigenvalue weighted by atomic mass is 16.1. The molecule has 0 bridgehead atoms. The number of carbonyl (C=O) groups excluding carboxylic acids is 1. The Balaban J connectivity index is 1.39. The third-order valence-corrected chi connectivity index (χ3v) is 5.92. The number of benzene rings is 3. The Kier molecular flexibility index (Phi) is 7.48. The van der Waals surface area contributed by atoms with E-state index in [1.807, 2.05) is 30.3 Å². The van der Waals surface area contributed by atoms with Crippen LogP contribution in [0.15, 0.2) is 91.0 Å². The lowest BCUT2D eigenvalue weighted by atomic mass is 10.0. The topological polar surface area (TPSA) is 35.6 Å². The highest BCUT2D eigenvalue weighted by Crippen LogP contribution is 2.19. The molecule has 31 heavy (non-hydrogen) atoms. The van der Waals surface area contributed by atoms with E-state index in [4.69, 9.17) is 0 Å². The summed E-state index contributed by atoms with van der Waals surface area (Å²) in [6.07, 6.45) is 0.519. The molecule has 0 radical (unpaired) electrons. The average molecular weight is 414 g/mol. The highest BCUT2D eigenvalue weighted by molar-refractivity contribution is 5.76. The van der Waals surface area contributed by atoms with Crippen molar-refractivity contribution in [1.82, 2.24) is 15.1 Å². The number of hydrogen-bond acceptors (Lipinski definition) is 3. The fourth-order valence-electron chi connectivity index (χ4n) is 4.24. The molecule has 4 nitrogen and oxygen atoms in total. The van der Waals surface area contributed by atoms with E-state index < -0.39 is 0 Å². The van der Waals surface area contributed by atoms with Gasteiger partial charge < -0.3 is 5.32 Å². The van der Waals surface area contributed by atoms with Gasteiger partial charge >= 0.3 is 0 Å². The summed E-state index contributed by atoms with van der Waals surface area (Å²) in [5, 5.41) is 3.11. The zero-order valence-electron chi connectivity index (χ0n) is 18.0. The summed E-state index contributed by atoms with van der Waals surface area (Å²) in [6.45, 7) is 5.29. The molecule has 3 aromatic rings. The van der Waals surface area contributed by atoms with E-state index >= 15 is 0 Å². The van der Waals surface area contributed by atoms with Crippen LogP contribution >= 0.6 is 0 Å². The van der Waals surface area contributed by atoms with Crippen molar-refractivity contribution >= 4 is 5.91 Å². The van der Waals surface area contributed by atoms with Crippen LogP contribution in [0.1, 0.15) is 23.1 Å². The summed E-state index contributed by atoms with van der Waals surface area (Å²) in [7, 11) is 0. The fourth-order valence-corrected chi connectivity index (χ4v) is 4.24. The van der Waals surface area contributed by atoms with Crippen LogP contribution in [0.25, 0.3) is 0 Å². The Labute approximate surface area is 185 Å². The molecule has 1 heterocycles. The van der Waals surface area contributed by atoms with Crippen LogP contribution in [0.2, 0.25) is 0 Å². The third-order valence-electron chi connectivity index (χ3n) is 5.92. The summed E-state index contributed by atoms with van der Waals surface area (Å²) < 4.78 is 0. The van der Waals surface area contributed by atoms with Crippen molar-refractivity contribution in [3.63, 3.8) is 0 Å². The molecule has 1 N–H and O–H groups in total. The van der Waals surface area contributed by atoms with E-state index in [0.29, 0.717) is 13.0 Å². The van der Waals surface area contributed by atoms with E-state index in [2.05, 4.69) is 75.8 Å². The Bertz CT molecular complexity index is 930. The quantitative estimate of drug-likeness (QED) is 0.604. The van der Waals surface area contributed by atoms with Crippen LogP contribution in [0.5, 0.6) is 0 Å². The van der Waals surface area contributed by atoms with E-state index in [9.17, 15) is 4.79 Å². The second-order valence-corrected chi connectivity index (χ2v) is 8.30. The van der Waals surface area contributed by atoms with Gasteiger partial charge in [-0.05, 0) is 16.7 Å². The van der Waals surface area contributed by atoms with E-state index in [1.54, 1.807) is 0 Å². The minimum Gasteiger partial charge on any atom is -0.352 e.